The summed E-state index contributed by atoms with van der Waals surface area (Å²) in [6, 6.07) is -0.150. The minimum Gasteiger partial charge on any atom is -0.301 e. The summed E-state index contributed by atoms with van der Waals surface area (Å²) in [6.45, 7) is 3.89. The Morgan fingerprint density at radius 1 is 1.58 bits per heavy atom. The molecule has 1 N–H and O–H groups in total. The quantitative estimate of drug-likeness (QED) is 0.591. The molecule has 0 aromatic rings. The average Bonchev–Trinajstić information content (AvgIpc) is 2.54. The molecule has 0 saturated carbocycles. The van der Waals surface area contributed by atoms with Gasteiger partial charge < -0.3 is 4.90 Å². The number of hydrogen-bond acceptors (Lipinski definition) is 5. The summed E-state index contributed by atoms with van der Waals surface area (Å²) in [6.07, 6.45) is 1.63. The Morgan fingerprint density at radius 3 is 2.68 bits per heavy atom. The molecule has 104 valence electrons. The maximum atomic E-state index is 12.0. The molecule has 0 spiro atoms. The van der Waals surface area contributed by atoms with E-state index in [0.29, 0.717) is 5.06 Å². The Bertz CT molecular complexity index is 576. The van der Waals surface area contributed by atoms with Gasteiger partial charge in [-0.25, -0.2) is 4.79 Å². The van der Waals surface area contributed by atoms with Gasteiger partial charge in [-0.2, -0.15) is 18.7 Å². The molecule has 2 atom stereocenters. The van der Waals surface area contributed by atoms with Crippen molar-refractivity contribution >= 4 is 16.4 Å². The van der Waals surface area contributed by atoms with Crippen molar-refractivity contribution in [2.75, 3.05) is 6.54 Å². The van der Waals surface area contributed by atoms with Gasteiger partial charge in [-0.3, -0.25) is 4.55 Å². The molecule has 1 saturated heterocycles. The maximum absolute atomic E-state index is 12.0. The minimum absolute atomic E-state index is 0.0152. The monoisotopic (exact) mass is 287 g/mol. The fraction of sp³-hybridized carbons (Fsp3) is 0.600. The first kappa shape index (κ1) is 13.8. The van der Waals surface area contributed by atoms with Gasteiger partial charge in [0.25, 0.3) is 0 Å². The van der Waals surface area contributed by atoms with Gasteiger partial charge in [-0.05, 0) is 17.6 Å². The molecule has 2 rings (SSSR count). The van der Waals surface area contributed by atoms with E-state index >= 15 is 0 Å². The van der Waals surface area contributed by atoms with Crippen LogP contribution in [0.5, 0.6) is 0 Å². The summed E-state index contributed by atoms with van der Waals surface area (Å²) in [4.78, 5) is 13.2. The van der Waals surface area contributed by atoms with Gasteiger partial charge in [0, 0.05) is 0 Å². The molecule has 0 aromatic heterocycles. The van der Waals surface area contributed by atoms with Crippen LogP contribution < -0.4 is 0 Å². The third kappa shape index (κ3) is 2.42. The molecule has 8 nitrogen and oxygen atoms in total. The van der Waals surface area contributed by atoms with Crippen molar-refractivity contribution in [1.29, 1.82) is 5.26 Å². The molecule has 2 bridgehead atoms. The van der Waals surface area contributed by atoms with Gasteiger partial charge in [0.05, 0.1) is 12.6 Å². The number of amides is 2. The topological polar surface area (TPSA) is 111 Å². The van der Waals surface area contributed by atoms with E-state index in [1.807, 2.05) is 19.9 Å². The number of nitrogens with zero attached hydrogens (tertiary/aromatic N) is 3. The van der Waals surface area contributed by atoms with Crippen LogP contribution in [0.15, 0.2) is 11.6 Å². The van der Waals surface area contributed by atoms with Gasteiger partial charge >= 0.3 is 16.4 Å². The van der Waals surface area contributed by atoms with Crippen LogP contribution in [-0.4, -0.2) is 47.6 Å². The average molecular weight is 287 g/mol. The summed E-state index contributed by atoms with van der Waals surface area (Å²) in [7, 11) is -4.78. The van der Waals surface area contributed by atoms with Crippen molar-refractivity contribution in [3.8, 4) is 6.07 Å². The molecule has 2 aliphatic rings. The van der Waals surface area contributed by atoms with Crippen LogP contribution in [0.25, 0.3) is 0 Å². The lowest BCUT2D eigenvalue weighted by Crippen LogP contribution is -2.38. The van der Waals surface area contributed by atoms with E-state index in [4.69, 9.17) is 9.81 Å². The summed E-state index contributed by atoms with van der Waals surface area (Å²) < 4.78 is 34.6. The number of urea groups is 1. The molecule has 2 heterocycles. The third-order valence-electron chi connectivity index (χ3n) is 3.13. The summed E-state index contributed by atoms with van der Waals surface area (Å²) in [5, 5.41) is 9.64. The number of carbonyl (C=O) groups excluding carboxylic acids is 1. The Morgan fingerprint density at radius 2 is 2.21 bits per heavy atom. The molecule has 2 amide bonds. The van der Waals surface area contributed by atoms with Crippen molar-refractivity contribution in [3.05, 3.63) is 11.6 Å². The van der Waals surface area contributed by atoms with Gasteiger partial charge in [-0.15, -0.1) is 4.28 Å². The molecular formula is C10H13N3O5S. The van der Waals surface area contributed by atoms with Gasteiger partial charge in [0.15, 0.2) is 0 Å². The zero-order chi connectivity index (χ0) is 14.4. The van der Waals surface area contributed by atoms with E-state index in [1.54, 1.807) is 6.08 Å². The Balaban J connectivity index is 2.39. The molecule has 0 radical (unpaired) electrons. The van der Waals surface area contributed by atoms with E-state index < -0.39 is 28.5 Å². The highest BCUT2D eigenvalue weighted by atomic mass is 32.3. The second-order valence-corrected chi connectivity index (χ2v) is 5.68. The predicted octanol–water partition coefficient (Wildman–Crippen LogP) is 0.315. The predicted molar refractivity (Wildman–Crippen MR) is 62.7 cm³/mol. The fourth-order valence-electron chi connectivity index (χ4n) is 2.32. The highest BCUT2D eigenvalue weighted by molar-refractivity contribution is 7.80. The van der Waals surface area contributed by atoms with Crippen molar-refractivity contribution in [2.45, 2.75) is 25.9 Å². The van der Waals surface area contributed by atoms with Crippen LogP contribution in [0, 0.1) is 17.2 Å². The minimum atomic E-state index is -4.78. The molecule has 2 aliphatic heterocycles. The van der Waals surface area contributed by atoms with Gasteiger partial charge in [0.2, 0.25) is 0 Å². The van der Waals surface area contributed by atoms with Crippen molar-refractivity contribution in [1.82, 2.24) is 9.96 Å². The van der Waals surface area contributed by atoms with Crippen LogP contribution in [0.4, 0.5) is 4.79 Å². The third-order valence-corrected chi connectivity index (χ3v) is 3.48. The highest BCUT2D eigenvalue weighted by Gasteiger charge is 2.48. The maximum Gasteiger partial charge on any atom is 0.418 e. The molecule has 2 unspecified atom stereocenters. The second-order valence-electron chi connectivity index (χ2n) is 4.67. The van der Waals surface area contributed by atoms with Gasteiger partial charge in [0.1, 0.15) is 12.1 Å². The molecule has 9 heteroatoms. The number of fused-ring (bicyclic) bond motifs is 2. The SMILES string of the molecule is CC(C)C1=CC(C#N)N2CC1N(OS(=O)(=O)O)C2=O. The number of nitriles is 1. The lowest BCUT2D eigenvalue weighted by atomic mass is 9.91. The Labute approximate surface area is 110 Å². The normalized spacial score (nSPS) is 26.7. The standard InChI is InChI=1S/C10H13N3O5S/c1-6(2)8-3-7(4-11)12-5-9(8)13(10(12)14)18-19(15,16)17/h3,6-7,9H,5H2,1-2H3,(H,15,16,17). The number of rotatable bonds is 3. The Kier molecular flexibility index (Phi) is 3.25. The fourth-order valence-corrected chi connectivity index (χ4v) is 2.70. The smallest absolute Gasteiger partial charge is 0.301 e. The molecule has 0 aromatic carbocycles. The van der Waals surface area contributed by atoms with Crippen molar-refractivity contribution < 1.29 is 22.0 Å². The lowest BCUT2D eigenvalue weighted by Gasteiger charge is -2.27. The molecule has 19 heavy (non-hydrogen) atoms. The van der Waals surface area contributed by atoms with Crippen LogP contribution in [0.2, 0.25) is 0 Å². The van der Waals surface area contributed by atoms with Gasteiger partial charge in [-0.1, -0.05) is 13.8 Å². The zero-order valence-corrected chi connectivity index (χ0v) is 11.2. The van der Waals surface area contributed by atoms with E-state index in [9.17, 15) is 13.2 Å². The van der Waals surface area contributed by atoms with Crippen molar-refractivity contribution in [3.63, 3.8) is 0 Å². The van der Waals surface area contributed by atoms with Crippen LogP contribution in [0.3, 0.4) is 0 Å². The lowest BCUT2D eigenvalue weighted by molar-refractivity contribution is -0.0228. The first-order valence-corrected chi connectivity index (χ1v) is 6.99. The summed E-state index contributed by atoms with van der Waals surface area (Å²) in [5.74, 6) is 0.0152. The molecule has 0 aliphatic carbocycles. The zero-order valence-electron chi connectivity index (χ0n) is 10.3. The number of hydrogen-bond donors (Lipinski definition) is 1. The molecule has 1 fully saturated rings. The van der Waals surface area contributed by atoms with E-state index in [-0.39, 0.29) is 12.5 Å². The largest absolute Gasteiger partial charge is 0.418 e. The summed E-state index contributed by atoms with van der Waals surface area (Å²) in [5.41, 5.74) is 0.734. The first-order chi connectivity index (χ1) is 8.74. The van der Waals surface area contributed by atoms with Crippen LogP contribution in [0.1, 0.15) is 13.8 Å². The van der Waals surface area contributed by atoms with E-state index in [1.165, 1.54) is 4.90 Å². The van der Waals surface area contributed by atoms with E-state index in [2.05, 4.69) is 4.28 Å². The number of hydroxylamine groups is 2. The number of carbonyl (C=O) groups is 1. The van der Waals surface area contributed by atoms with Crippen LogP contribution >= 0.6 is 0 Å². The van der Waals surface area contributed by atoms with Crippen LogP contribution in [-0.2, 0) is 14.7 Å². The first-order valence-electron chi connectivity index (χ1n) is 5.62. The molecular weight excluding hydrogens is 274 g/mol. The van der Waals surface area contributed by atoms with E-state index in [0.717, 1.165) is 5.57 Å². The second kappa shape index (κ2) is 4.48. The highest BCUT2D eigenvalue weighted by Crippen LogP contribution is 2.33. The van der Waals surface area contributed by atoms with Crippen molar-refractivity contribution in [2.24, 2.45) is 5.92 Å². The summed E-state index contributed by atoms with van der Waals surface area (Å²) >= 11 is 0. The Hall–Kier alpha value is -1.63.